The molecular weight excluding hydrogens is 148 g/mol. The lowest BCUT2D eigenvalue weighted by atomic mass is 10.1. The third-order valence-electron chi connectivity index (χ3n) is 2.42. The van der Waals surface area contributed by atoms with Crippen molar-refractivity contribution < 1.29 is 0 Å². The van der Waals surface area contributed by atoms with Crippen LogP contribution < -0.4 is 5.32 Å². The molecule has 1 fully saturated rings. The Morgan fingerprint density at radius 1 is 1.42 bits per heavy atom. The van der Waals surface area contributed by atoms with Crippen LogP contribution in [-0.4, -0.2) is 11.0 Å². The normalized spacial score (nSPS) is 29.1. The summed E-state index contributed by atoms with van der Waals surface area (Å²) in [5.41, 5.74) is 1.18. The number of nitrogens with one attached hydrogen (secondary N) is 1. The van der Waals surface area contributed by atoms with E-state index in [1.165, 1.54) is 18.5 Å². The third kappa shape index (κ3) is 1.48. The molecule has 0 spiro atoms. The van der Waals surface area contributed by atoms with Gasteiger partial charge in [0.15, 0.2) is 0 Å². The second-order valence-corrected chi connectivity index (χ2v) is 3.45. The summed E-state index contributed by atoms with van der Waals surface area (Å²) < 4.78 is 0. The van der Waals surface area contributed by atoms with Gasteiger partial charge in [-0.05, 0) is 31.9 Å². The van der Waals surface area contributed by atoms with E-state index >= 15 is 0 Å². The van der Waals surface area contributed by atoms with E-state index in [0.717, 1.165) is 0 Å². The van der Waals surface area contributed by atoms with Crippen molar-refractivity contribution in [1.82, 2.24) is 10.3 Å². The van der Waals surface area contributed by atoms with Gasteiger partial charge < -0.3 is 5.32 Å². The highest BCUT2D eigenvalue weighted by Crippen LogP contribution is 2.24. The maximum Gasteiger partial charge on any atom is 0.0573 e. The number of aromatic nitrogens is 1. The SMILES string of the molecule is CC1CCC(c2ccccn2)N1. The zero-order chi connectivity index (χ0) is 8.39. The fraction of sp³-hybridized carbons (Fsp3) is 0.500. The molecule has 1 aliphatic rings. The van der Waals surface area contributed by atoms with Gasteiger partial charge in [0.25, 0.3) is 0 Å². The Bertz CT molecular complexity index is 245. The molecule has 0 saturated carbocycles. The Labute approximate surface area is 73.0 Å². The smallest absolute Gasteiger partial charge is 0.0573 e. The first-order chi connectivity index (χ1) is 5.86. The number of nitrogens with zero attached hydrogens (tertiary/aromatic N) is 1. The van der Waals surface area contributed by atoms with Gasteiger partial charge in [-0.15, -0.1) is 0 Å². The molecule has 0 aromatic carbocycles. The van der Waals surface area contributed by atoms with Gasteiger partial charge in [0.1, 0.15) is 0 Å². The van der Waals surface area contributed by atoms with Crippen molar-refractivity contribution in [1.29, 1.82) is 0 Å². The van der Waals surface area contributed by atoms with E-state index in [0.29, 0.717) is 12.1 Å². The topological polar surface area (TPSA) is 24.9 Å². The Morgan fingerprint density at radius 3 is 2.92 bits per heavy atom. The van der Waals surface area contributed by atoms with Crippen molar-refractivity contribution in [2.24, 2.45) is 0 Å². The molecule has 1 aliphatic heterocycles. The summed E-state index contributed by atoms with van der Waals surface area (Å²) in [5, 5.41) is 3.51. The number of pyridine rings is 1. The lowest BCUT2D eigenvalue weighted by Crippen LogP contribution is -2.21. The summed E-state index contributed by atoms with van der Waals surface area (Å²) in [7, 11) is 0. The van der Waals surface area contributed by atoms with Gasteiger partial charge in [-0.25, -0.2) is 0 Å². The molecule has 2 rings (SSSR count). The van der Waals surface area contributed by atoms with E-state index in [-0.39, 0.29) is 0 Å². The van der Waals surface area contributed by atoms with Crippen molar-refractivity contribution in [3.8, 4) is 0 Å². The molecule has 2 heterocycles. The highest BCUT2D eigenvalue weighted by atomic mass is 15.0. The number of hydrogen-bond acceptors (Lipinski definition) is 2. The van der Waals surface area contributed by atoms with Gasteiger partial charge in [0.05, 0.1) is 5.69 Å². The molecule has 12 heavy (non-hydrogen) atoms. The monoisotopic (exact) mass is 162 g/mol. The van der Waals surface area contributed by atoms with Crippen LogP contribution in [-0.2, 0) is 0 Å². The van der Waals surface area contributed by atoms with Crippen molar-refractivity contribution in [2.75, 3.05) is 0 Å². The largest absolute Gasteiger partial charge is 0.306 e. The van der Waals surface area contributed by atoms with Crippen LogP contribution in [0, 0.1) is 0 Å². The Morgan fingerprint density at radius 2 is 2.33 bits per heavy atom. The standard InChI is InChI=1S/C10H14N2/c1-8-5-6-10(12-8)9-4-2-3-7-11-9/h2-4,7-8,10,12H,5-6H2,1H3. The summed E-state index contributed by atoms with van der Waals surface area (Å²) in [6, 6.07) is 7.24. The minimum atomic E-state index is 0.487. The van der Waals surface area contributed by atoms with Gasteiger partial charge in [0, 0.05) is 18.3 Å². The second-order valence-electron chi connectivity index (χ2n) is 3.45. The van der Waals surface area contributed by atoms with Gasteiger partial charge in [-0.2, -0.15) is 0 Å². The van der Waals surface area contributed by atoms with Crippen LogP contribution in [0.2, 0.25) is 0 Å². The Hall–Kier alpha value is -0.890. The molecule has 2 atom stereocenters. The first-order valence-electron chi connectivity index (χ1n) is 4.53. The molecule has 2 unspecified atom stereocenters. The molecule has 1 aromatic rings. The summed E-state index contributed by atoms with van der Waals surface area (Å²) in [5.74, 6) is 0. The zero-order valence-corrected chi connectivity index (χ0v) is 7.33. The maximum absolute atomic E-state index is 4.33. The lowest BCUT2D eigenvalue weighted by molar-refractivity contribution is 0.574. The van der Waals surface area contributed by atoms with Crippen LogP contribution in [0.1, 0.15) is 31.5 Å². The van der Waals surface area contributed by atoms with Crippen LogP contribution in [0.15, 0.2) is 24.4 Å². The zero-order valence-electron chi connectivity index (χ0n) is 7.33. The molecule has 64 valence electrons. The molecule has 0 aliphatic carbocycles. The van der Waals surface area contributed by atoms with Gasteiger partial charge in [-0.1, -0.05) is 6.07 Å². The fourth-order valence-corrected chi connectivity index (χ4v) is 1.74. The van der Waals surface area contributed by atoms with E-state index in [1.807, 2.05) is 18.3 Å². The Balaban J connectivity index is 2.11. The number of rotatable bonds is 1. The van der Waals surface area contributed by atoms with Gasteiger partial charge in [-0.3, -0.25) is 4.98 Å². The molecule has 0 bridgehead atoms. The first-order valence-corrected chi connectivity index (χ1v) is 4.53. The van der Waals surface area contributed by atoms with E-state index in [4.69, 9.17) is 0 Å². The highest BCUT2D eigenvalue weighted by Gasteiger charge is 2.21. The average molecular weight is 162 g/mol. The van der Waals surface area contributed by atoms with Crippen LogP contribution >= 0.6 is 0 Å². The summed E-state index contributed by atoms with van der Waals surface area (Å²) in [4.78, 5) is 4.33. The number of hydrogen-bond donors (Lipinski definition) is 1. The van der Waals surface area contributed by atoms with Gasteiger partial charge >= 0.3 is 0 Å². The molecule has 0 radical (unpaired) electrons. The second kappa shape index (κ2) is 3.23. The summed E-state index contributed by atoms with van der Waals surface area (Å²) >= 11 is 0. The van der Waals surface area contributed by atoms with Crippen LogP contribution in [0.4, 0.5) is 0 Å². The van der Waals surface area contributed by atoms with Crippen LogP contribution in [0.3, 0.4) is 0 Å². The van der Waals surface area contributed by atoms with Crippen molar-refractivity contribution >= 4 is 0 Å². The van der Waals surface area contributed by atoms with Crippen molar-refractivity contribution in [3.63, 3.8) is 0 Å². The van der Waals surface area contributed by atoms with Crippen LogP contribution in [0.25, 0.3) is 0 Å². The molecule has 2 nitrogen and oxygen atoms in total. The van der Waals surface area contributed by atoms with E-state index in [9.17, 15) is 0 Å². The Kier molecular flexibility index (Phi) is 2.09. The maximum atomic E-state index is 4.33. The first kappa shape index (κ1) is 7.74. The molecule has 1 N–H and O–H groups in total. The van der Waals surface area contributed by atoms with E-state index < -0.39 is 0 Å². The molecule has 1 aromatic heterocycles. The minimum absolute atomic E-state index is 0.487. The summed E-state index contributed by atoms with van der Waals surface area (Å²) in [6.45, 7) is 2.23. The van der Waals surface area contributed by atoms with E-state index in [1.54, 1.807) is 0 Å². The fourth-order valence-electron chi connectivity index (χ4n) is 1.74. The molecule has 2 heteroatoms. The van der Waals surface area contributed by atoms with Crippen LogP contribution in [0.5, 0.6) is 0 Å². The van der Waals surface area contributed by atoms with E-state index in [2.05, 4.69) is 23.3 Å². The third-order valence-corrected chi connectivity index (χ3v) is 2.42. The average Bonchev–Trinajstić information content (AvgIpc) is 2.54. The predicted molar refractivity (Wildman–Crippen MR) is 48.8 cm³/mol. The summed E-state index contributed by atoms with van der Waals surface area (Å²) in [6.07, 6.45) is 4.35. The highest BCUT2D eigenvalue weighted by molar-refractivity contribution is 5.10. The lowest BCUT2D eigenvalue weighted by Gasteiger charge is -2.09. The van der Waals surface area contributed by atoms with Gasteiger partial charge in [0.2, 0.25) is 0 Å². The quantitative estimate of drug-likeness (QED) is 0.682. The predicted octanol–water partition coefficient (Wildman–Crippen LogP) is 1.89. The minimum Gasteiger partial charge on any atom is -0.306 e. The molecular formula is C10H14N2. The molecule has 1 saturated heterocycles. The molecule has 0 amide bonds. The van der Waals surface area contributed by atoms with Crippen molar-refractivity contribution in [3.05, 3.63) is 30.1 Å². The van der Waals surface area contributed by atoms with Crippen molar-refractivity contribution in [2.45, 2.75) is 31.8 Å².